The second-order valence-electron chi connectivity index (χ2n) is 4.18. The van der Waals surface area contributed by atoms with Gasteiger partial charge in [0.2, 0.25) is 6.10 Å². The molecule has 1 aromatic heterocycles. The average molecular weight is 336 g/mol. The van der Waals surface area contributed by atoms with E-state index in [9.17, 15) is 24.9 Å². The molecule has 0 saturated heterocycles. The lowest BCUT2D eigenvalue weighted by Crippen LogP contribution is -2.15. The molecule has 0 saturated carbocycles. The Bertz CT molecular complexity index is 773. The number of carbonyl (C=O) groups excluding carboxylic acids is 1. The molecule has 0 fully saturated rings. The van der Waals surface area contributed by atoms with Crippen LogP contribution >= 0.6 is 11.3 Å². The maximum Gasteiger partial charge on any atom is 0.352 e. The minimum Gasteiger partial charge on any atom is -0.504 e. The molecule has 1 aromatic carbocycles. The zero-order chi connectivity index (χ0) is 17.0. The Kier molecular flexibility index (Phi) is 4.76. The van der Waals surface area contributed by atoms with Gasteiger partial charge in [0.05, 0.1) is 0 Å². The first-order chi connectivity index (χ1) is 10.9. The number of rotatable bonds is 6. The van der Waals surface area contributed by atoms with Crippen molar-refractivity contribution in [1.29, 1.82) is 0 Å². The van der Waals surface area contributed by atoms with Crippen molar-refractivity contribution < 1.29 is 29.7 Å². The first-order valence-electron chi connectivity index (χ1n) is 6.00. The highest BCUT2D eigenvalue weighted by Crippen LogP contribution is 2.29. The third-order valence-electron chi connectivity index (χ3n) is 2.64. The predicted molar refractivity (Wildman–Crippen MR) is 80.0 cm³/mol. The molecule has 0 aliphatic heterocycles. The number of carboxylic acids is 1. The van der Waals surface area contributed by atoms with Crippen molar-refractivity contribution in [2.75, 3.05) is 5.73 Å². The molecule has 1 unspecified atom stereocenters. The summed E-state index contributed by atoms with van der Waals surface area (Å²) < 4.78 is 0. The quantitative estimate of drug-likeness (QED) is 0.343. The third-order valence-corrected chi connectivity index (χ3v) is 3.31. The highest BCUT2D eigenvalue weighted by Gasteiger charge is 2.24. The van der Waals surface area contributed by atoms with E-state index in [4.69, 9.17) is 10.6 Å². The van der Waals surface area contributed by atoms with Crippen LogP contribution in [0.15, 0.2) is 28.7 Å². The molecule has 0 aliphatic carbocycles. The molecule has 0 amide bonds. The van der Waals surface area contributed by atoms with E-state index in [0.717, 1.165) is 23.5 Å². The lowest BCUT2D eigenvalue weighted by atomic mass is 10.1. The third kappa shape index (κ3) is 3.74. The van der Waals surface area contributed by atoms with Crippen LogP contribution in [0, 0.1) is 0 Å². The number of carbonyl (C=O) groups is 1. The van der Waals surface area contributed by atoms with Crippen molar-refractivity contribution in [3.63, 3.8) is 0 Å². The number of aromatic nitrogens is 1. The van der Waals surface area contributed by atoms with Gasteiger partial charge in [-0.25, -0.2) is 9.78 Å². The number of nitrogens with zero attached hydrogens (tertiary/aromatic N) is 2. The smallest absolute Gasteiger partial charge is 0.352 e. The number of oxime groups is 1. The summed E-state index contributed by atoms with van der Waals surface area (Å²) in [5.41, 5.74) is 5.19. The van der Waals surface area contributed by atoms with Crippen LogP contribution in [-0.4, -0.2) is 38.3 Å². The zero-order valence-electron chi connectivity index (χ0n) is 11.3. The van der Waals surface area contributed by atoms with E-state index >= 15 is 0 Å². The first-order valence-corrected chi connectivity index (χ1v) is 6.88. The first kappa shape index (κ1) is 16.2. The van der Waals surface area contributed by atoms with Crippen LogP contribution in [0.25, 0.3) is 0 Å². The number of hydrogen-bond acceptors (Lipinski definition) is 9. The van der Waals surface area contributed by atoms with Crippen LogP contribution < -0.4 is 5.73 Å². The van der Waals surface area contributed by atoms with E-state index < -0.39 is 23.6 Å². The van der Waals surface area contributed by atoms with Crippen LogP contribution in [0.4, 0.5) is 5.13 Å². The topological polar surface area (TPSA) is 155 Å². The number of thiazole rings is 1. The van der Waals surface area contributed by atoms with Gasteiger partial charge in [-0.3, -0.25) is 4.79 Å². The molecule has 10 heteroatoms. The summed E-state index contributed by atoms with van der Waals surface area (Å²) in [6.45, 7) is 0. The molecule has 0 aliphatic rings. The number of benzene rings is 1. The van der Waals surface area contributed by atoms with Crippen LogP contribution in [0.3, 0.4) is 0 Å². The molecule has 1 radical (unpaired) electrons. The number of aromatic hydroxyl groups is 2. The van der Waals surface area contributed by atoms with Gasteiger partial charge < -0.3 is 25.9 Å². The van der Waals surface area contributed by atoms with Gasteiger partial charge in [0.25, 0.3) is 6.29 Å². The van der Waals surface area contributed by atoms with Crippen LogP contribution in [-0.2, 0) is 14.4 Å². The minimum atomic E-state index is -1.61. The lowest BCUT2D eigenvalue weighted by molar-refractivity contribution is -0.150. The van der Waals surface area contributed by atoms with Crippen molar-refractivity contribution >= 4 is 34.4 Å². The molecule has 0 spiro atoms. The fourth-order valence-corrected chi connectivity index (χ4v) is 2.12. The zero-order valence-corrected chi connectivity index (χ0v) is 12.1. The summed E-state index contributed by atoms with van der Waals surface area (Å²) >= 11 is 1.06. The van der Waals surface area contributed by atoms with Crippen LogP contribution in [0.5, 0.6) is 11.5 Å². The summed E-state index contributed by atoms with van der Waals surface area (Å²) in [4.78, 5) is 30.8. The Morgan fingerprint density at radius 2 is 2.13 bits per heavy atom. The number of phenolic OH excluding ortho intramolecular Hbond substituents is 2. The van der Waals surface area contributed by atoms with Crippen molar-refractivity contribution in [1.82, 2.24) is 4.98 Å². The Labute approximate surface area is 133 Å². The van der Waals surface area contributed by atoms with E-state index in [1.54, 1.807) is 0 Å². The van der Waals surface area contributed by atoms with E-state index in [1.807, 2.05) is 0 Å². The normalized spacial score (nSPS) is 12.6. The molecule has 23 heavy (non-hydrogen) atoms. The second-order valence-corrected chi connectivity index (χ2v) is 5.07. The molecule has 5 N–H and O–H groups in total. The molecular formula is C13H10N3O6S. The van der Waals surface area contributed by atoms with E-state index in [0.29, 0.717) is 0 Å². The predicted octanol–water partition coefficient (Wildman–Crippen LogP) is 0.793. The number of nitrogen functional groups attached to an aromatic ring is 1. The lowest BCUT2D eigenvalue weighted by Gasteiger charge is -2.11. The van der Waals surface area contributed by atoms with Crippen molar-refractivity contribution in [2.45, 2.75) is 6.10 Å². The van der Waals surface area contributed by atoms with Crippen LogP contribution in [0.1, 0.15) is 17.4 Å². The molecule has 119 valence electrons. The second kappa shape index (κ2) is 6.75. The fourth-order valence-electron chi connectivity index (χ4n) is 1.57. The summed E-state index contributed by atoms with van der Waals surface area (Å²) in [5.74, 6) is -2.35. The fraction of sp³-hybridized carbons (Fsp3) is 0.0769. The Morgan fingerprint density at radius 1 is 1.39 bits per heavy atom. The maximum absolute atomic E-state index is 11.3. The number of aliphatic carboxylic acids is 1. The SMILES string of the molecule is Nc1nc(/C([C]=O)=N/OC(C(=O)O)c2ccc(O)c(O)c2)cs1. The molecule has 2 aromatic rings. The largest absolute Gasteiger partial charge is 0.504 e. The van der Waals surface area contributed by atoms with E-state index in [-0.39, 0.29) is 22.1 Å². The number of phenols is 2. The summed E-state index contributed by atoms with van der Waals surface area (Å²) in [6, 6.07) is 3.34. The number of carboxylic acid groups (broad SMARTS) is 1. The molecule has 0 bridgehead atoms. The molecule has 2 rings (SSSR count). The number of hydrogen-bond donors (Lipinski definition) is 4. The Hall–Kier alpha value is -3.14. The monoisotopic (exact) mass is 336 g/mol. The van der Waals surface area contributed by atoms with Gasteiger partial charge >= 0.3 is 5.97 Å². The van der Waals surface area contributed by atoms with Gasteiger partial charge in [0.1, 0.15) is 5.69 Å². The molecule has 9 nitrogen and oxygen atoms in total. The van der Waals surface area contributed by atoms with Gasteiger partial charge in [0, 0.05) is 10.9 Å². The maximum atomic E-state index is 11.3. The van der Waals surface area contributed by atoms with Crippen molar-refractivity contribution in [2.24, 2.45) is 5.16 Å². The van der Waals surface area contributed by atoms with Gasteiger partial charge in [-0.2, -0.15) is 0 Å². The molecular weight excluding hydrogens is 326 g/mol. The van der Waals surface area contributed by atoms with Gasteiger partial charge in [-0.05, 0) is 12.1 Å². The summed E-state index contributed by atoms with van der Waals surface area (Å²) in [6.07, 6.45) is -0.131. The highest BCUT2D eigenvalue weighted by molar-refractivity contribution is 7.13. The Balaban J connectivity index is 2.28. The summed E-state index contributed by atoms with van der Waals surface area (Å²) in [5, 5.41) is 32.9. The molecule has 1 heterocycles. The Morgan fingerprint density at radius 3 is 2.65 bits per heavy atom. The van der Waals surface area contributed by atoms with Gasteiger partial charge in [-0.15, -0.1) is 11.3 Å². The summed E-state index contributed by atoms with van der Waals surface area (Å²) in [7, 11) is 0. The standard InChI is InChI=1S/C13H10N3O6S/c14-13-15-8(5-23-13)7(4-17)16-22-11(12(20)21)6-1-2-9(18)10(19)3-6/h1-3,5,11,18-19H,(H2,14,15)(H,20,21)/b16-7+. The van der Waals surface area contributed by atoms with E-state index in [2.05, 4.69) is 10.1 Å². The highest BCUT2D eigenvalue weighted by atomic mass is 32.1. The minimum absolute atomic E-state index is 0.0135. The van der Waals surface area contributed by atoms with Crippen molar-refractivity contribution in [3.8, 4) is 11.5 Å². The van der Waals surface area contributed by atoms with Gasteiger partial charge in [0.15, 0.2) is 22.3 Å². The van der Waals surface area contributed by atoms with Crippen LogP contribution in [0.2, 0.25) is 0 Å². The van der Waals surface area contributed by atoms with E-state index in [1.165, 1.54) is 17.7 Å². The van der Waals surface area contributed by atoms with Crippen molar-refractivity contribution in [3.05, 3.63) is 34.8 Å². The number of anilines is 1. The average Bonchev–Trinajstić information content (AvgIpc) is 2.93. The number of nitrogens with two attached hydrogens (primary N) is 1. The van der Waals surface area contributed by atoms with Gasteiger partial charge in [-0.1, -0.05) is 11.2 Å². The molecule has 1 atom stereocenters.